The number of rotatable bonds is 0. The molecule has 0 saturated carbocycles. The van der Waals surface area contributed by atoms with Crippen molar-refractivity contribution in [3.63, 3.8) is 0 Å². The second kappa shape index (κ2) is 1.54. The van der Waals surface area contributed by atoms with Crippen LogP contribution in [0.15, 0.2) is 11.5 Å². The van der Waals surface area contributed by atoms with Gasteiger partial charge in [0.25, 0.3) is 0 Å². The van der Waals surface area contributed by atoms with E-state index in [1.54, 1.807) is 11.7 Å². The molecule has 0 fully saturated rings. The molecule has 1 heterocycles. The lowest BCUT2D eigenvalue weighted by Gasteiger charge is -1.83. The van der Waals surface area contributed by atoms with Crippen LogP contribution in [0.5, 0.6) is 0 Å². The summed E-state index contributed by atoms with van der Waals surface area (Å²) < 4.78 is 1.59. The standard InChI is InChI=1S/C3H5N3S/c1-6-3(7)4-2-5-6/h2H,1H3,(H,4,5,7). The molecule has 0 radical (unpaired) electrons. The maximum Gasteiger partial charge on any atom is 0.182 e. The Bertz CT molecular complexity index is 142. The Morgan fingerprint density at radius 1 is 1.86 bits per heavy atom. The normalized spacial score (nSPS) is 9.43. The third-order valence-corrected chi connectivity index (χ3v) is 1.09. The van der Waals surface area contributed by atoms with E-state index in [-0.39, 0.29) is 0 Å². The molecule has 0 atom stereocenters. The van der Waals surface area contributed by atoms with Gasteiger partial charge in [0.05, 0.1) is 0 Å². The SMILES string of the molecule is Cn1ncnc1S. The molecule has 0 aromatic carbocycles. The lowest BCUT2D eigenvalue weighted by Crippen LogP contribution is -1.88. The highest BCUT2D eigenvalue weighted by Crippen LogP contribution is 1.92. The first kappa shape index (κ1) is 4.64. The molecule has 38 valence electrons. The summed E-state index contributed by atoms with van der Waals surface area (Å²) in [6.07, 6.45) is 1.46. The predicted octanol–water partition coefficient (Wildman–Crippen LogP) is 0.104. The van der Waals surface area contributed by atoms with Crippen LogP contribution in [0.4, 0.5) is 0 Å². The summed E-state index contributed by atoms with van der Waals surface area (Å²) in [5.41, 5.74) is 0. The molecular weight excluding hydrogens is 110 g/mol. The van der Waals surface area contributed by atoms with Crippen LogP contribution < -0.4 is 0 Å². The minimum absolute atomic E-state index is 0.639. The number of hydrogen-bond donors (Lipinski definition) is 1. The highest BCUT2D eigenvalue weighted by Gasteiger charge is 1.86. The van der Waals surface area contributed by atoms with Crippen molar-refractivity contribution in [3.8, 4) is 0 Å². The molecule has 0 spiro atoms. The minimum atomic E-state index is 0.639. The Morgan fingerprint density at radius 3 is 2.71 bits per heavy atom. The van der Waals surface area contributed by atoms with Crippen LogP contribution in [0.25, 0.3) is 0 Å². The van der Waals surface area contributed by atoms with E-state index in [0.717, 1.165) is 0 Å². The average molecular weight is 115 g/mol. The van der Waals surface area contributed by atoms with Crippen molar-refractivity contribution in [1.29, 1.82) is 0 Å². The summed E-state index contributed by atoms with van der Waals surface area (Å²) in [6, 6.07) is 0. The lowest BCUT2D eigenvalue weighted by molar-refractivity contribution is 0.687. The maximum atomic E-state index is 3.94. The number of aromatic nitrogens is 3. The van der Waals surface area contributed by atoms with Crippen LogP contribution in [-0.4, -0.2) is 14.8 Å². The smallest absolute Gasteiger partial charge is 0.182 e. The molecule has 4 heteroatoms. The van der Waals surface area contributed by atoms with Crippen molar-refractivity contribution in [3.05, 3.63) is 6.33 Å². The Labute approximate surface area is 46.8 Å². The first-order chi connectivity index (χ1) is 3.30. The van der Waals surface area contributed by atoms with Crippen LogP contribution in [0.3, 0.4) is 0 Å². The molecular formula is C3H5N3S. The van der Waals surface area contributed by atoms with Gasteiger partial charge in [-0.2, -0.15) is 5.10 Å². The molecule has 0 aliphatic heterocycles. The Morgan fingerprint density at radius 2 is 2.57 bits per heavy atom. The van der Waals surface area contributed by atoms with E-state index in [4.69, 9.17) is 0 Å². The van der Waals surface area contributed by atoms with Crippen LogP contribution in [0.1, 0.15) is 0 Å². The van der Waals surface area contributed by atoms with Crippen molar-refractivity contribution < 1.29 is 0 Å². The van der Waals surface area contributed by atoms with Gasteiger partial charge in [-0.25, -0.2) is 9.67 Å². The monoisotopic (exact) mass is 115 g/mol. The van der Waals surface area contributed by atoms with Crippen LogP contribution in [-0.2, 0) is 7.05 Å². The second-order valence-corrected chi connectivity index (χ2v) is 1.58. The summed E-state index contributed by atoms with van der Waals surface area (Å²) >= 11 is 3.94. The molecule has 0 unspecified atom stereocenters. The predicted molar refractivity (Wildman–Crippen MR) is 28.3 cm³/mol. The molecule has 7 heavy (non-hydrogen) atoms. The zero-order valence-electron chi connectivity index (χ0n) is 3.87. The van der Waals surface area contributed by atoms with E-state index in [0.29, 0.717) is 5.16 Å². The van der Waals surface area contributed by atoms with Crippen molar-refractivity contribution in [2.45, 2.75) is 5.16 Å². The Hall–Kier alpha value is -0.510. The molecule has 0 N–H and O–H groups in total. The molecule has 1 rings (SSSR count). The topological polar surface area (TPSA) is 30.7 Å². The summed E-state index contributed by atoms with van der Waals surface area (Å²) in [4.78, 5) is 3.73. The van der Waals surface area contributed by atoms with E-state index in [1.165, 1.54) is 6.33 Å². The summed E-state index contributed by atoms with van der Waals surface area (Å²) in [6.45, 7) is 0. The fourth-order valence-electron chi connectivity index (χ4n) is 0.290. The van der Waals surface area contributed by atoms with Crippen molar-refractivity contribution in [1.82, 2.24) is 14.8 Å². The van der Waals surface area contributed by atoms with Gasteiger partial charge in [-0.05, 0) is 0 Å². The van der Waals surface area contributed by atoms with Gasteiger partial charge < -0.3 is 0 Å². The van der Waals surface area contributed by atoms with Gasteiger partial charge in [0.15, 0.2) is 5.16 Å². The number of nitrogens with zero attached hydrogens (tertiary/aromatic N) is 3. The molecule has 1 aromatic heterocycles. The Balaban J connectivity index is 3.12. The van der Waals surface area contributed by atoms with Gasteiger partial charge in [-0.3, -0.25) is 0 Å². The van der Waals surface area contributed by atoms with Crippen LogP contribution in [0.2, 0.25) is 0 Å². The molecule has 0 saturated heterocycles. The molecule has 0 aliphatic rings. The third-order valence-electron chi connectivity index (χ3n) is 0.687. The average Bonchev–Trinajstić information content (AvgIpc) is 1.91. The fraction of sp³-hybridized carbons (Fsp3) is 0.333. The largest absolute Gasteiger partial charge is 0.244 e. The first-order valence-electron chi connectivity index (χ1n) is 1.83. The van der Waals surface area contributed by atoms with Gasteiger partial charge in [-0.15, -0.1) is 12.6 Å². The van der Waals surface area contributed by atoms with E-state index in [2.05, 4.69) is 22.7 Å². The van der Waals surface area contributed by atoms with E-state index >= 15 is 0 Å². The Kier molecular flexibility index (Phi) is 1.02. The van der Waals surface area contributed by atoms with Crippen molar-refractivity contribution in [2.75, 3.05) is 0 Å². The highest BCUT2D eigenvalue weighted by atomic mass is 32.1. The molecule has 0 bridgehead atoms. The van der Waals surface area contributed by atoms with Crippen molar-refractivity contribution in [2.24, 2.45) is 7.05 Å². The highest BCUT2D eigenvalue weighted by molar-refractivity contribution is 7.80. The quantitative estimate of drug-likeness (QED) is 0.486. The van der Waals surface area contributed by atoms with E-state index < -0.39 is 0 Å². The van der Waals surface area contributed by atoms with Crippen molar-refractivity contribution >= 4 is 12.6 Å². The fourth-order valence-corrected chi connectivity index (χ4v) is 0.393. The number of aryl methyl sites for hydroxylation is 1. The van der Waals surface area contributed by atoms with Crippen LogP contribution in [0, 0.1) is 0 Å². The minimum Gasteiger partial charge on any atom is -0.244 e. The van der Waals surface area contributed by atoms with Gasteiger partial charge in [0.1, 0.15) is 6.33 Å². The molecule has 0 aliphatic carbocycles. The van der Waals surface area contributed by atoms with Crippen LogP contribution >= 0.6 is 12.6 Å². The first-order valence-corrected chi connectivity index (χ1v) is 2.28. The second-order valence-electron chi connectivity index (χ2n) is 1.18. The van der Waals surface area contributed by atoms with Gasteiger partial charge >= 0.3 is 0 Å². The summed E-state index contributed by atoms with van der Waals surface area (Å²) in [5.74, 6) is 0. The zero-order valence-corrected chi connectivity index (χ0v) is 4.76. The summed E-state index contributed by atoms with van der Waals surface area (Å²) in [7, 11) is 1.79. The summed E-state index contributed by atoms with van der Waals surface area (Å²) in [5, 5.41) is 4.38. The molecule has 0 amide bonds. The van der Waals surface area contributed by atoms with E-state index in [1.807, 2.05) is 0 Å². The number of thiol groups is 1. The third kappa shape index (κ3) is 0.742. The number of hydrogen-bond acceptors (Lipinski definition) is 3. The molecule has 3 nitrogen and oxygen atoms in total. The van der Waals surface area contributed by atoms with E-state index in [9.17, 15) is 0 Å². The maximum absolute atomic E-state index is 3.94. The molecule has 1 aromatic rings. The van der Waals surface area contributed by atoms with Gasteiger partial charge in [0, 0.05) is 7.05 Å². The zero-order chi connectivity index (χ0) is 5.28. The van der Waals surface area contributed by atoms with Gasteiger partial charge in [0.2, 0.25) is 0 Å². The lowest BCUT2D eigenvalue weighted by atomic mass is 11.2. The van der Waals surface area contributed by atoms with Gasteiger partial charge in [-0.1, -0.05) is 0 Å².